The number of aliphatic carboxylic acids is 2. The zero-order chi connectivity index (χ0) is 39.3. The summed E-state index contributed by atoms with van der Waals surface area (Å²) in [5.41, 5.74) is 0.126. The minimum Gasteiger partial charge on any atom is -0.478 e. The number of halogens is 3. The van der Waals surface area contributed by atoms with Gasteiger partial charge in [0.25, 0.3) is 0 Å². The number of sulfonamides is 1. The second kappa shape index (κ2) is 20.6. The number of alkyl halides is 3. The second-order valence-corrected chi connectivity index (χ2v) is 14.5. The van der Waals surface area contributed by atoms with E-state index in [0.717, 1.165) is 32.0 Å². The highest BCUT2D eigenvalue weighted by molar-refractivity contribution is 7.88. The van der Waals surface area contributed by atoms with E-state index in [1.54, 1.807) is 18.2 Å². The van der Waals surface area contributed by atoms with Crippen molar-refractivity contribution < 1.29 is 65.9 Å². The molecular formula is C37H45F3N2O11S. The highest BCUT2D eigenvalue weighted by Crippen LogP contribution is 2.30. The minimum atomic E-state index is -4.32. The minimum absolute atomic E-state index is 0. The fraction of sp³-hybridized carbons (Fsp3) is 0.405. The Bertz CT molecular complexity index is 1720. The fourth-order valence-electron chi connectivity index (χ4n) is 5.72. The number of piperidine rings is 1. The SMILES string of the molecule is CCN(CC1CCN(S(C)(=O)=O)CC1)C(C)Cc1cccc(C(F)(F)F)c1.O.O=C(O[C@@H](C(=O)O)[C@@H](OC(=O)c1ccccc1)C(=O)O)c1ccccc1. The number of hydrogen-bond donors (Lipinski definition) is 2. The molecule has 0 radical (unpaired) electrons. The summed E-state index contributed by atoms with van der Waals surface area (Å²) < 4.78 is 73.0. The monoisotopic (exact) mass is 782 g/mol. The number of carbonyl (C=O) groups excluding carboxylic acids is 2. The molecule has 3 aromatic carbocycles. The summed E-state index contributed by atoms with van der Waals surface area (Å²) in [6, 6.07) is 20.5. The van der Waals surface area contributed by atoms with E-state index < -0.39 is 57.8 Å². The summed E-state index contributed by atoms with van der Waals surface area (Å²) >= 11 is 0. The largest absolute Gasteiger partial charge is 0.478 e. The van der Waals surface area contributed by atoms with Gasteiger partial charge in [0.1, 0.15) is 0 Å². The van der Waals surface area contributed by atoms with Gasteiger partial charge in [0.15, 0.2) is 0 Å². The van der Waals surface area contributed by atoms with Gasteiger partial charge in [0.05, 0.1) is 22.9 Å². The predicted molar refractivity (Wildman–Crippen MR) is 191 cm³/mol. The molecular weight excluding hydrogens is 737 g/mol. The van der Waals surface area contributed by atoms with Crippen molar-refractivity contribution in [1.82, 2.24) is 9.21 Å². The first-order valence-corrected chi connectivity index (χ1v) is 18.6. The molecule has 0 aromatic heterocycles. The van der Waals surface area contributed by atoms with Crippen LogP contribution in [0, 0.1) is 5.92 Å². The van der Waals surface area contributed by atoms with E-state index in [2.05, 4.69) is 4.90 Å². The van der Waals surface area contributed by atoms with Crippen molar-refractivity contribution in [2.45, 2.75) is 57.5 Å². The zero-order valence-corrected chi connectivity index (χ0v) is 30.8. The van der Waals surface area contributed by atoms with Crippen LogP contribution in [0.3, 0.4) is 0 Å². The molecule has 0 spiro atoms. The molecule has 296 valence electrons. The summed E-state index contributed by atoms with van der Waals surface area (Å²) in [6.45, 7) is 6.83. The van der Waals surface area contributed by atoms with Crippen molar-refractivity contribution in [3.8, 4) is 0 Å². The number of esters is 2. The number of benzene rings is 3. The zero-order valence-electron chi connectivity index (χ0n) is 29.9. The molecule has 0 amide bonds. The molecule has 1 heterocycles. The van der Waals surface area contributed by atoms with E-state index in [0.29, 0.717) is 31.0 Å². The number of carboxylic acids is 2. The van der Waals surface area contributed by atoms with Gasteiger partial charge in [0.2, 0.25) is 22.2 Å². The second-order valence-electron chi connectivity index (χ2n) is 12.5. The maximum atomic E-state index is 12.9. The molecule has 1 unspecified atom stereocenters. The highest BCUT2D eigenvalue weighted by atomic mass is 32.2. The summed E-state index contributed by atoms with van der Waals surface area (Å²) in [6.07, 6.45) is -5.32. The standard InChI is InChI=1S/C19H29F3N2O2S.C18H14O8.H2O/c1-4-23(14-16-8-10-24(11-9-16)27(3,25)26)15(2)12-17-6-5-7-18(13-17)19(20,21)22;19-15(20)13(25-17(23)11-7-3-1-4-8-11)14(16(21)22)26-18(24)12-9-5-2-6-10-12;/h5-7,13,15-16H,4,8-12,14H2,1-3H3;1-10,13-14H,(H,19,20)(H,21,22);1H2/t;13-,14-;/m.1./s1. The first-order chi connectivity index (χ1) is 24.9. The first-order valence-electron chi connectivity index (χ1n) is 16.7. The van der Waals surface area contributed by atoms with Gasteiger partial charge in [0, 0.05) is 25.7 Å². The smallest absolute Gasteiger partial charge is 0.416 e. The van der Waals surface area contributed by atoms with Crippen molar-refractivity contribution in [1.29, 1.82) is 0 Å². The summed E-state index contributed by atoms with van der Waals surface area (Å²) in [7, 11) is -3.13. The number of hydrogen-bond acceptors (Lipinski definition) is 9. The molecule has 1 fully saturated rings. The van der Waals surface area contributed by atoms with Gasteiger partial charge in [-0.3, -0.25) is 0 Å². The van der Waals surface area contributed by atoms with Crippen LogP contribution in [0.1, 0.15) is 58.5 Å². The van der Waals surface area contributed by atoms with E-state index in [1.807, 2.05) is 13.8 Å². The normalized spacial score (nSPS) is 15.4. The van der Waals surface area contributed by atoms with Crippen molar-refractivity contribution in [2.75, 3.05) is 32.4 Å². The van der Waals surface area contributed by atoms with Gasteiger partial charge >= 0.3 is 30.1 Å². The third-order valence-electron chi connectivity index (χ3n) is 8.60. The Morgan fingerprint density at radius 2 is 1.30 bits per heavy atom. The van der Waals surface area contributed by atoms with Crippen molar-refractivity contribution in [2.24, 2.45) is 5.92 Å². The number of ether oxygens (including phenoxy) is 2. The van der Waals surface area contributed by atoms with Gasteiger partial charge in [-0.05, 0) is 74.5 Å². The Kier molecular flexibility index (Phi) is 17.3. The van der Waals surface area contributed by atoms with Crippen molar-refractivity contribution in [3.05, 3.63) is 107 Å². The van der Waals surface area contributed by atoms with Crippen molar-refractivity contribution >= 4 is 33.9 Å². The maximum absolute atomic E-state index is 12.9. The van der Waals surface area contributed by atoms with Gasteiger partial charge in [-0.25, -0.2) is 31.9 Å². The number of likely N-dealkylation sites (N-methyl/N-ethyl adjacent to an activating group) is 1. The highest BCUT2D eigenvalue weighted by Gasteiger charge is 2.41. The number of carboxylic acid groups (broad SMARTS) is 2. The summed E-state index contributed by atoms with van der Waals surface area (Å²) in [4.78, 5) is 49.1. The van der Waals surface area contributed by atoms with Crippen LogP contribution in [0.15, 0.2) is 84.9 Å². The van der Waals surface area contributed by atoms with Crippen LogP contribution in [0.4, 0.5) is 13.2 Å². The average Bonchev–Trinajstić information content (AvgIpc) is 3.12. The van der Waals surface area contributed by atoms with E-state index >= 15 is 0 Å². The van der Waals surface area contributed by atoms with Gasteiger partial charge in [-0.15, -0.1) is 0 Å². The molecule has 0 bridgehead atoms. The number of carbonyl (C=O) groups is 4. The third-order valence-corrected chi connectivity index (χ3v) is 9.90. The van der Waals surface area contributed by atoms with E-state index in [-0.39, 0.29) is 22.6 Å². The third kappa shape index (κ3) is 13.9. The summed E-state index contributed by atoms with van der Waals surface area (Å²) in [5.74, 6) is -5.22. The molecule has 0 aliphatic carbocycles. The molecule has 4 N–H and O–H groups in total. The molecule has 1 aliphatic heterocycles. The lowest BCUT2D eigenvalue weighted by Gasteiger charge is -2.36. The molecule has 13 nitrogen and oxygen atoms in total. The Morgan fingerprint density at radius 3 is 1.69 bits per heavy atom. The molecule has 3 aromatic rings. The van der Waals surface area contributed by atoms with E-state index in [4.69, 9.17) is 9.47 Å². The Labute approximate surface area is 311 Å². The van der Waals surface area contributed by atoms with Crippen LogP contribution < -0.4 is 0 Å². The van der Waals surface area contributed by atoms with Crippen LogP contribution in [0.2, 0.25) is 0 Å². The van der Waals surface area contributed by atoms with Crippen LogP contribution in [-0.4, -0.2) is 108 Å². The average molecular weight is 783 g/mol. The lowest BCUT2D eigenvalue weighted by molar-refractivity contribution is -0.166. The molecule has 4 rings (SSSR count). The number of rotatable bonds is 14. The van der Waals surface area contributed by atoms with Crippen LogP contribution in [0.25, 0.3) is 0 Å². The Hall–Kier alpha value is -4.84. The maximum Gasteiger partial charge on any atom is 0.416 e. The van der Waals surface area contributed by atoms with Gasteiger partial charge < -0.3 is 30.1 Å². The molecule has 1 saturated heterocycles. The first kappa shape index (κ1) is 45.3. The van der Waals surface area contributed by atoms with Crippen LogP contribution >= 0.6 is 0 Å². The Balaban J connectivity index is 0.000000367. The number of nitrogens with zero attached hydrogens (tertiary/aromatic N) is 2. The van der Waals surface area contributed by atoms with Gasteiger partial charge in [-0.1, -0.05) is 61.5 Å². The van der Waals surface area contributed by atoms with E-state index in [9.17, 15) is 51.0 Å². The van der Waals surface area contributed by atoms with Crippen molar-refractivity contribution in [3.63, 3.8) is 0 Å². The molecule has 3 atom stereocenters. The quantitative estimate of drug-likeness (QED) is 0.220. The fourth-order valence-corrected chi connectivity index (χ4v) is 6.59. The summed E-state index contributed by atoms with van der Waals surface area (Å²) in [5, 5.41) is 18.5. The van der Waals surface area contributed by atoms with E-state index in [1.165, 1.54) is 71.2 Å². The molecule has 0 saturated carbocycles. The molecule has 54 heavy (non-hydrogen) atoms. The molecule has 17 heteroatoms. The lowest BCUT2D eigenvalue weighted by atomic mass is 9.96. The lowest BCUT2D eigenvalue weighted by Crippen LogP contribution is -2.45. The topological polar surface area (TPSA) is 199 Å². The van der Waals surface area contributed by atoms with Gasteiger partial charge in [-0.2, -0.15) is 13.2 Å². The predicted octanol–water partition coefficient (Wildman–Crippen LogP) is 4.41. The molecule has 1 aliphatic rings. The Morgan fingerprint density at radius 1 is 0.833 bits per heavy atom. The van der Waals surface area contributed by atoms with Crippen LogP contribution in [0.5, 0.6) is 0 Å². The van der Waals surface area contributed by atoms with Crippen LogP contribution in [-0.2, 0) is 41.7 Å².